The normalized spacial score (nSPS) is 25.7. The summed E-state index contributed by atoms with van der Waals surface area (Å²) >= 11 is 1.62. The molecule has 2 aliphatic heterocycles. The minimum atomic E-state index is 0.0459. The minimum absolute atomic E-state index is 0.0459. The number of likely N-dealkylation sites (tertiary alicyclic amines) is 1. The number of carbonyl (C=O) groups is 1. The fourth-order valence-corrected chi connectivity index (χ4v) is 6.33. The van der Waals surface area contributed by atoms with Crippen LogP contribution >= 0.6 is 11.5 Å². The SMILES string of the molecule is CN(C)C(=O)NC1CCC(CCN2CC3(C2)CN(c2nsc4ccccc24)C3)CC1. The van der Waals surface area contributed by atoms with Gasteiger partial charge in [0.1, 0.15) is 5.82 Å². The standard InChI is InChI=1S/C23H33N5OS/c1-26(2)22(29)24-18-9-7-17(8-10-18)11-12-27-13-23(14-27)15-28(16-23)21-19-5-3-4-6-20(19)30-25-21/h3-6,17-18H,7-16H2,1-2H3,(H,24,29). The van der Waals surface area contributed by atoms with E-state index in [0.717, 1.165) is 31.8 Å². The number of carbonyl (C=O) groups excluding carboxylic acids is 1. The van der Waals surface area contributed by atoms with Crippen LogP contribution in [-0.4, -0.2) is 73.1 Å². The molecule has 0 unspecified atom stereocenters. The second-order valence-electron chi connectivity index (χ2n) is 9.92. The van der Waals surface area contributed by atoms with E-state index in [1.165, 1.54) is 54.8 Å². The third-order valence-electron chi connectivity index (χ3n) is 7.26. The molecule has 0 radical (unpaired) electrons. The maximum Gasteiger partial charge on any atom is 0.317 e. The zero-order valence-corrected chi connectivity index (χ0v) is 19.0. The molecule has 1 N–H and O–H groups in total. The Balaban J connectivity index is 1.01. The molecule has 2 amide bonds. The van der Waals surface area contributed by atoms with Crippen molar-refractivity contribution in [3.05, 3.63) is 24.3 Å². The van der Waals surface area contributed by atoms with Gasteiger partial charge in [-0.1, -0.05) is 12.1 Å². The fourth-order valence-electron chi connectivity index (χ4n) is 5.54. The van der Waals surface area contributed by atoms with E-state index < -0.39 is 0 Å². The number of nitrogens with zero attached hydrogens (tertiary/aromatic N) is 4. The van der Waals surface area contributed by atoms with E-state index in [4.69, 9.17) is 4.37 Å². The Hall–Kier alpha value is -1.86. The van der Waals surface area contributed by atoms with Crippen molar-refractivity contribution < 1.29 is 4.79 Å². The van der Waals surface area contributed by atoms with Crippen LogP contribution < -0.4 is 10.2 Å². The quantitative estimate of drug-likeness (QED) is 0.792. The Morgan fingerprint density at radius 2 is 1.90 bits per heavy atom. The van der Waals surface area contributed by atoms with Crippen molar-refractivity contribution in [2.75, 3.05) is 51.7 Å². The number of anilines is 1. The molecule has 1 aromatic heterocycles. The summed E-state index contributed by atoms with van der Waals surface area (Å²) in [7, 11) is 3.61. The van der Waals surface area contributed by atoms with E-state index in [1.807, 2.05) is 0 Å². The van der Waals surface area contributed by atoms with Crippen LogP contribution in [0.2, 0.25) is 0 Å². The molecule has 3 heterocycles. The molecule has 7 heteroatoms. The Bertz CT molecular complexity index is 890. The lowest BCUT2D eigenvalue weighted by Gasteiger charge is -2.60. The zero-order chi connectivity index (χ0) is 20.7. The maximum atomic E-state index is 11.8. The van der Waals surface area contributed by atoms with Crippen LogP contribution in [0.15, 0.2) is 24.3 Å². The van der Waals surface area contributed by atoms with E-state index in [2.05, 4.69) is 39.4 Å². The van der Waals surface area contributed by atoms with Crippen molar-refractivity contribution in [2.45, 2.75) is 38.1 Å². The first kappa shape index (κ1) is 20.1. The zero-order valence-electron chi connectivity index (χ0n) is 18.1. The summed E-state index contributed by atoms with van der Waals surface area (Å²) < 4.78 is 6.01. The first-order valence-corrected chi connectivity index (χ1v) is 12.1. The number of benzene rings is 1. The van der Waals surface area contributed by atoms with Gasteiger partial charge in [0, 0.05) is 57.1 Å². The number of nitrogens with one attached hydrogen (secondary N) is 1. The number of rotatable bonds is 5. The lowest BCUT2D eigenvalue weighted by Crippen LogP contribution is -2.72. The van der Waals surface area contributed by atoms with Gasteiger partial charge in [-0.25, -0.2) is 4.79 Å². The Kier molecular flexibility index (Phi) is 5.35. The molecule has 1 saturated carbocycles. The van der Waals surface area contributed by atoms with Crippen LogP contribution in [0.5, 0.6) is 0 Å². The molecule has 2 aromatic rings. The topological polar surface area (TPSA) is 51.7 Å². The molecule has 3 aliphatic rings. The number of hydrogen-bond donors (Lipinski definition) is 1. The van der Waals surface area contributed by atoms with Gasteiger partial charge in [0.05, 0.1) is 4.70 Å². The van der Waals surface area contributed by atoms with Gasteiger partial charge < -0.3 is 20.0 Å². The average Bonchev–Trinajstić information content (AvgIpc) is 3.10. The molecule has 2 saturated heterocycles. The monoisotopic (exact) mass is 427 g/mol. The van der Waals surface area contributed by atoms with Crippen LogP contribution in [0.25, 0.3) is 10.1 Å². The van der Waals surface area contributed by atoms with Crippen LogP contribution in [-0.2, 0) is 0 Å². The molecular formula is C23H33N5OS. The molecule has 30 heavy (non-hydrogen) atoms. The van der Waals surface area contributed by atoms with Gasteiger partial charge in [0.15, 0.2) is 0 Å². The molecular weight excluding hydrogens is 394 g/mol. The van der Waals surface area contributed by atoms with Gasteiger partial charge in [-0.05, 0) is 68.2 Å². The van der Waals surface area contributed by atoms with Crippen LogP contribution in [0.1, 0.15) is 32.1 Å². The molecule has 1 spiro atoms. The highest BCUT2D eigenvalue weighted by Gasteiger charge is 2.52. The summed E-state index contributed by atoms with van der Waals surface area (Å²) in [6.45, 7) is 6.06. The first-order valence-electron chi connectivity index (χ1n) is 11.3. The van der Waals surface area contributed by atoms with Crippen molar-refractivity contribution in [3.8, 4) is 0 Å². The molecule has 0 atom stereocenters. The smallest absolute Gasteiger partial charge is 0.317 e. The Labute approximate surface area is 183 Å². The second kappa shape index (κ2) is 8.00. The van der Waals surface area contributed by atoms with Crippen molar-refractivity contribution in [2.24, 2.45) is 11.3 Å². The summed E-state index contributed by atoms with van der Waals surface area (Å²) in [6.07, 6.45) is 6.07. The number of amides is 2. The first-order chi connectivity index (χ1) is 14.5. The molecule has 5 rings (SSSR count). The molecule has 1 aromatic carbocycles. The molecule has 6 nitrogen and oxygen atoms in total. The van der Waals surface area contributed by atoms with Crippen molar-refractivity contribution in [1.29, 1.82) is 0 Å². The molecule has 0 bridgehead atoms. The second-order valence-corrected chi connectivity index (χ2v) is 10.7. The van der Waals surface area contributed by atoms with E-state index >= 15 is 0 Å². The van der Waals surface area contributed by atoms with Gasteiger partial charge in [-0.2, -0.15) is 4.37 Å². The predicted octanol–water partition coefficient (Wildman–Crippen LogP) is 3.64. The van der Waals surface area contributed by atoms with Crippen molar-refractivity contribution in [1.82, 2.24) is 19.5 Å². The van der Waals surface area contributed by atoms with Gasteiger partial charge in [0.25, 0.3) is 0 Å². The van der Waals surface area contributed by atoms with Crippen molar-refractivity contribution >= 4 is 33.5 Å². The highest BCUT2D eigenvalue weighted by Crippen LogP contribution is 2.44. The van der Waals surface area contributed by atoms with Gasteiger partial charge in [-0.15, -0.1) is 0 Å². The number of aromatic nitrogens is 1. The van der Waals surface area contributed by atoms with Gasteiger partial charge in [0.2, 0.25) is 0 Å². The summed E-state index contributed by atoms with van der Waals surface area (Å²) in [5.74, 6) is 2.02. The third kappa shape index (κ3) is 3.89. The molecule has 1 aliphatic carbocycles. The minimum Gasteiger partial charge on any atom is -0.354 e. The highest BCUT2D eigenvalue weighted by atomic mass is 32.1. The lowest BCUT2D eigenvalue weighted by atomic mass is 9.72. The van der Waals surface area contributed by atoms with Crippen LogP contribution in [0, 0.1) is 11.3 Å². The summed E-state index contributed by atoms with van der Waals surface area (Å²) in [4.78, 5) is 18.6. The summed E-state index contributed by atoms with van der Waals surface area (Å²) in [5, 5.41) is 4.46. The molecule has 162 valence electrons. The van der Waals surface area contributed by atoms with Crippen molar-refractivity contribution in [3.63, 3.8) is 0 Å². The lowest BCUT2D eigenvalue weighted by molar-refractivity contribution is -0.0254. The Morgan fingerprint density at radius 1 is 1.17 bits per heavy atom. The number of hydrogen-bond acceptors (Lipinski definition) is 5. The third-order valence-corrected chi connectivity index (χ3v) is 8.08. The predicted molar refractivity (Wildman–Crippen MR) is 123 cm³/mol. The summed E-state index contributed by atoms with van der Waals surface area (Å²) in [6, 6.07) is 8.99. The van der Waals surface area contributed by atoms with E-state index in [0.29, 0.717) is 11.5 Å². The maximum absolute atomic E-state index is 11.8. The van der Waals surface area contributed by atoms with E-state index in [-0.39, 0.29) is 6.03 Å². The average molecular weight is 428 g/mol. The Morgan fingerprint density at radius 3 is 2.63 bits per heavy atom. The fraction of sp³-hybridized carbons (Fsp3) is 0.652. The largest absolute Gasteiger partial charge is 0.354 e. The van der Waals surface area contributed by atoms with Gasteiger partial charge >= 0.3 is 6.03 Å². The van der Waals surface area contributed by atoms with Crippen LogP contribution in [0.4, 0.5) is 10.6 Å². The molecule has 3 fully saturated rings. The number of urea groups is 1. The van der Waals surface area contributed by atoms with E-state index in [9.17, 15) is 4.79 Å². The van der Waals surface area contributed by atoms with E-state index in [1.54, 1.807) is 30.5 Å². The van der Waals surface area contributed by atoms with Gasteiger partial charge in [-0.3, -0.25) is 0 Å². The number of fused-ring (bicyclic) bond motifs is 1. The highest BCUT2D eigenvalue weighted by molar-refractivity contribution is 7.13. The van der Waals surface area contributed by atoms with Crippen LogP contribution in [0.3, 0.4) is 0 Å². The summed E-state index contributed by atoms with van der Waals surface area (Å²) in [5.41, 5.74) is 0.513.